The Bertz CT molecular complexity index is 192. The first-order chi connectivity index (χ1) is 7.31. The summed E-state index contributed by atoms with van der Waals surface area (Å²) in [6, 6.07) is 0. The highest BCUT2D eigenvalue weighted by molar-refractivity contribution is 5.69. The molecule has 0 N–H and O–H groups in total. The highest BCUT2D eigenvalue weighted by Gasteiger charge is 2.15. The third-order valence-electron chi connectivity index (χ3n) is 1.90. The summed E-state index contributed by atoms with van der Waals surface area (Å²) in [5, 5.41) is 0. The Balaban J connectivity index is 3.35. The molecule has 0 rings (SSSR count). The summed E-state index contributed by atoms with van der Waals surface area (Å²) in [5.41, 5.74) is -0.363. The fourth-order valence-electron chi connectivity index (χ4n) is 1.26. The monoisotopic (exact) mass is 230 g/mol. The van der Waals surface area contributed by atoms with E-state index >= 15 is 0 Å². The Hall–Kier alpha value is -0.570. The van der Waals surface area contributed by atoms with Gasteiger partial charge in [-0.2, -0.15) is 0 Å². The van der Waals surface area contributed by atoms with Crippen LogP contribution >= 0.6 is 0 Å². The van der Waals surface area contributed by atoms with Gasteiger partial charge in [0.2, 0.25) is 0 Å². The normalized spacial score (nSPS) is 11.9. The van der Waals surface area contributed by atoms with Crippen molar-refractivity contribution in [1.29, 1.82) is 0 Å². The highest BCUT2D eigenvalue weighted by Crippen LogP contribution is 2.10. The molecule has 0 atom stereocenters. The molecule has 0 aliphatic heterocycles. The van der Waals surface area contributed by atoms with Crippen molar-refractivity contribution < 1.29 is 14.3 Å². The SMILES string of the molecule is CC(C)OCCCCCC(=O)OC(C)(C)C. The number of ether oxygens (including phenoxy) is 2. The number of hydrogen-bond donors (Lipinski definition) is 0. The van der Waals surface area contributed by atoms with E-state index in [1.807, 2.05) is 34.6 Å². The summed E-state index contributed by atoms with van der Waals surface area (Å²) in [7, 11) is 0. The average Bonchev–Trinajstić information content (AvgIpc) is 2.07. The van der Waals surface area contributed by atoms with Crippen LogP contribution in [0.25, 0.3) is 0 Å². The molecule has 0 spiro atoms. The second kappa shape index (κ2) is 7.66. The number of carbonyl (C=O) groups is 1. The molecule has 0 unspecified atom stereocenters. The molecule has 0 aromatic rings. The molecule has 0 heterocycles. The fourth-order valence-corrected chi connectivity index (χ4v) is 1.26. The van der Waals surface area contributed by atoms with Crippen molar-refractivity contribution in [3.05, 3.63) is 0 Å². The summed E-state index contributed by atoms with van der Waals surface area (Å²) in [6.07, 6.45) is 3.73. The van der Waals surface area contributed by atoms with Gasteiger partial charge in [0.15, 0.2) is 0 Å². The summed E-state index contributed by atoms with van der Waals surface area (Å²) < 4.78 is 10.6. The van der Waals surface area contributed by atoms with Crippen molar-refractivity contribution in [2.24, 2.45) is 0 Å². The molecule has 0 bridgehead atoms. The molecular weight excluding hydrogens is 204 g/mol. The van der Waals surface area contributed by atoms with Crippen molar-refractivity contribution in [2.45, 2.75) is 72.0 Å². The number of unbranched alkanes of at least 4 members (excludes halogenated alkanes) is 2. The maximum absolute atomic E-state index is 11.3. The zero-order valence-electron chi connectivity index (χ0n) is 11.3. The lowest BCUT2D eigenvalue weighted by Gasteiger charge is -2.19. The van der Waals surface area contributed by atoms with Gasteiger partial charge in [0.25, 0.3) is 0 Å². The molecule has 96 valence electrons. The van der Waals surface area contributed by atoms with Gasteiger partial charge in [0.1, 0.15) is 5.60 Å². The first kappa shape index (κ1) is 15.4. The topological polar surface area (TPSA) is 35.5 Å². The van der Waals surface area contributed by atoms with Crippen LogP contribution in [0.1, 0.15) is 60.3 Å². The van der Waals surface area contributed by atoms with Crippen LogP contribution in [0.4, 0.5) is 0 Å². The number of carbonyl (C=O) groups excluding carboxylic acids is 1. The van der Waals surface area contributed by atoms with Crippen LogP contribution < -0.4 is 0 Å². The summed E-state index contributed by atoms with van der Waals surface area (Å²) in [4.78, 5) is 11.3. The fraction of sp³-hybridized carbons (Fsp3) is 0.923. The van der Waals surface area contributed by atoms with Crippen molar-refractivity contribution in [1.82, 2.24) is 0 Å². The lowest BCUT2D eigenvalue weighted by Crippen LogP contribution is -2.23. The van der Waals surface area contributed by atoms with E-state index in [0.29, 0.717) is 12.5 Å². The first-order valence-corrected chi connectivity index (χ1v) is 6.15. The first-order valence-electron chi connectivity index (χ1n) is 6.15. The maximum Gasteiger partial charge on any atom is 0.306 e. The molecule has 0 aromatic heterocycles. The minimum absolute atomic E-state index is 0.0997. The van der Waals surface area contributed by atoms with Crippen LogP contribution in [0.3, 0.4) is 0 Å². The van der Waals surface area contributed by atoms with E-state index in [9.17, 15) is 4.79 Å². The Labute approximate surface area is 99.5 Å². The van der Waals surface area contributed by atoms with Gasteiger partial charge in [-0.05, 0) is 47.5 Å². The van der Waals surface area contributed by atoms with Crippen molar-refractivity contribution in [3.63, 3.8) is 0 Å². The van der Waals surface area contributed by atoms with E-state index in [1.54, 1.807) is 0 Å². The van der Waals surface area contributed by atoms with E-state index in [0.717, 1.165) is 25.9 Å². The molecule has 0 fully saturated rings. The van der Waals surface area contributed by atoms with Gasteiger partial charge in [0.05, 0.1) is 6.10 Å². The van der Waals surface area contributed by atoms with Gasteiger partial charge in [-0.25, -0.2) is 0 Å². The van der Waals surface area contributed by atoms with Gasteiger partial charge in [0, 0.05) is 13.0 Å². The van der Waals surface area contributed by atoms with Gasteiger partial charge >= 0.3 is 5.97 Å². The molecule has 0 saturated carbocycles. The number of esters is 1. The van der Waals surface area contributed by atoms with Crippen LogP contribution in [0.2, 0.25) is 0 Å². The molecule has 0 aromatic carbocycles. The molecular formula is C13H26O3. The largest absolute Gasteiger partial charge is 0.460 e. The van der Waals surface area contributed by atoms with Crippen LogP contribution in [-0.2, 0) is 14.3 Å². The Morgan fingerprint density at radius 2 is 1.75 bits per heavy atom. The van der Waals surface area contributed by atoms with E-state index in [2.05, 4.69) is 0 Å². The van der Waals surface area contributed by atoms with Crippen LogP contribution in [-0.4, -0.2) is 24.3 Å². The lowest BCUT2D eigenvalue weighted by atomic mass is 10.1. The van der Waals surface area contributed by atoms with E-state index < -0.39 is 0 Å². The number of rotatable bonds is 7. The Morgan fingerprint density at radius 1 is 1.12 bits per heavy atom. The maximum atomic E-state index is 11.3. The molecule has 0 radical (unpaired) electrons. The predicted octanol–water partition coefficient (Wildman–Crippen LogP) is 3.31. The van der Waals surface area contributed by atoms with Crippen LogP contribution in [0.5, 0.6) is 0 Å². The Kier molecular flexibility index (Phi) is 7.39. The van der Waals surface area contributed by atoms with Crippen LogP contribution in [0, 0.1) is 0 Å². The average molecular weight is 230 g/mol. The molecule has 0 amide bonds. The smallest absolute Gasteiger partial charge is 0.306 e. The van der Waals surface area contributed by atoms with Crippen LogP contribution in [0.15, 0.2) is 0 Å². The second-order valence-electron chi connectivity index (χ2n) is 5.32. The van der Waals surface area contributed by atoms with Crippen molar-refractivity contribution in [3.8, 4) is 0 Å². The molecule has 3 nitrogen and oxygen atoms in total. The third-order valence-corrected chi connectivity index (χ3v) is 1.90. The summed E-state index contributed by atoms with van der Waals surface area (Å²) in [6.45, 7) is 10.5. The van der Waals surface area contributed by atoms with E-state index in [4.69, 9.17) is 9.47 Å². The molecule has 0 aliphatic carbocycles. The molecule has 0 aliphatic rings. The molecule has 0 saturated heterocycles. The molecule has 3 heteroatoms. The van der Waals surface area contributed by atoms with Gasteiger partial charge in [-0.1, -0.05) is 6.42 Å². The Morgan fingerprint density at radius 3 is 2.25 bits per heavy atom. The quantitative estimate of drug-likeness (QED) is 0.497. The second-order valence-corrected chi connectivity index (χ2v) is 5.32. The van der Waals surface area contributed by atoms with E-state index in [1.165, 1.54) is 0 Å². The zero-order chi connectivity index (χ0) is 12.6. The van der Waals surface area contributed by atoms with Gasteiger partial charge in [-0.3, -0.25) is 4.79 Å². The predicted molar refractivity (Wildman–Crippen MR) is 65.4 cm³/mol. The number of hydrogen-bond acceptors (Lipinski definition) is 3. The van der Waals surface area contributed by atoms with E-state index in [-0.39, 0.29) is 11.6 Å². The van der Waals surface area contributed by atoms with Gasteiger partial charge in [-0.15, -0.1) is 0 Å². The van der Waals surface area contributed by atoms with Gasteiger partial charge < -0.3 is 9.47 Å². The third kappa shape index (κ3) is 11.5. The minimum Gasteiger partial charge on any atom is -0.460 e. The summed E-state index contributed by atoms with van der Waals surface area (Å²) in [5.74, 6) is -0.0997. The highest BCUT2D eigenvalue weighted by atomic mass is 16.6. The zero-order valence-corrected chi connectivity index (χ0v) is 11.3. The van der Waals surface area contributed by atoms with Crippen molar-refractivity contribution in [2.75, 3.05) is 6.61 Å². The minimum atomic E-state index is -0.363. The lowest BCUT2D eigenvalue weighted by molar-refractivity contribution is -0.154. The molecule has 16 heavy (non-hydrogen) atoms. The summed E-state index contributed by atoms with van der Waals surface area (Å²) >= 11 is 0. The standard InChI is InChI=1S/C13H26O3/c1-11(2)15-10-8-6-7-9-12(14)16-13(3,4)5/h11H,6-10H2,1-5H3. The van der Waals surface area contributed by atoms with Crippen molar-refractivity contribution >= 4 is 5.97 Å².